The molecule has 0 bridgehead atoms. The average Bonchev–Trinajstić information content (AvgIpc) is 3.53. The molecule has 4 heteroatoms. The summed E-state index contributed by atoms with van der Waals surface area (Å²) < 4.78 is 2.30. The van der Waals surface area contributed by atoms with E-state index in [9.17, 15) is 5.11 Å². The van der Waals surface area contributed by atoms with Crippen molar-refractivity contribution in [1.82, 2.24) is 14.5 Å². The Morgan fingerprint density at radius 1 is 0.476 bits per heavy atom. The topological polar surface area (TPSA) is 50.9 Å². The van der Waals surface area contributed by atoms with Gasteiger partial charge in [0.1, 0.15) is 11.6 Å². The van der Waals surface area contributed by atoms with Crippen LogP contribution >= 0.6 is 0 Å². The van der Waals surface area contributed by atoms with Crippen molar-refractivity contribution >= 4 is 11.0 Å². The van der Waals surface area contributed by atoms with Crippen LogP contribution in [0.3, 0.4) is 0 Å². The molecule has 2 heterocycles. The Kier molecular flexibility index (Phi) is 11.3. The fourth-order valence-corrected chi connectivity index (χ4v) is 9.10. The van der Waals surface area contributed by atoms with Gasteiger partial charge in [0, 0.05) is 17.3 Å². The van der Waals surface area contributed by atoms with Crippen LogP contribution in [0.5, 0.6) is 5.75 Å². The lowest BCUT2D eigenvalue weighted by Gasteiger charge is -2.31. The number of hydrogen-bond acceptors (Lipinski definition) is 3. The van der Waals surface area contributed by atoms with Gasteiger partial charge < -0.3 is 5.11 Å². The molecule has 0 unspecified atom stereocenters. The molecule has 0 spiro atoms. The summed E-state index contributed by atoms with van der Waals surface area (Å²) in [7, 11) is 0. The van der Waals surface area contributed by atoms with Crippen LogP contribution in [-0.2, 0) is 27.1 Å². The van der Waals surface area contributed by atoms with Crippen molar-refractivity contribution in [2.45, 2.75) is 152 Å². The second-order valence-corrected chi connectivity index (χ2v) is 23.3. The number of phenolic OH excluding ortho intramolecular Hbond substituents is 1. The summed E-state index contributed by atoms with van der Waals surface area (Å²) in [4.78, 5) is 10.8. The fourth-order valence-electron chi connectivity index (χ4n) is 9.10. The van der Waals surface area contributed by atoms with Gasteiger partial charge in [0.15, 0.2) is 0 Å². The Morgan fingerprint density at radius 2 is 1.02 bits per heavy atom. The van der Waals surface area contributed by atoms with Crippen molar-refractivity contribution < 1.29 is 5.11 Å². The molecule has 0 aliphatic heterocycles. The lowest BCUT2D eigenvalue weighted by molar-refractivity contribution is 0.477. The molecule has 0 aliphatic rings. The third-order valence-electron chi connectivity index (χ3n) is 12.7. The molecule has 5 aromatic carbocycles. The molecule has 0 radical (unpaired) electrons. The van der Waals surface area contributed by atoms with E-state index < -0.39 is 0 Å². The maximum atomic E-state index is 11.5. The number of phenols is 1. The third-order valence-corrected chi connectivity index (χ3v) is 12.7. The summed E-state index contributed by atoms with van der Waals surface area (Å²) in [6.45, 7) is 41.1. The van der Waals surface area contributed by atoms with Gasteiger partial charge in [-0.15, -0.1) is 0 Å². The number of aromatic hydroxyl groups is 1. The molecule has 0 saturated carbocycles. The van der Waals surface area contributed by atoms with Crippen molar-refractivity contribution in [3.8, 4) is 56.3 Å². The van der Waals surface area contributed by atoms with Crippen LogP contribution in [0.15, 0.2) is 97.2 Å². The first kappa shape index (κ1) is 45.5. The van der Waals surface area contributed by atoms with E-state index in [2.05, 4.69) is 196 Å². The lowest BCUT2D eigenvalue weighted by atomic mass is 9.74. The van der Waals surface area contributed by atoms with Crippen LogP contribution in [0.2, 0.25) is 0 Å². The minimum absolute atomic E-state index is 0.00115. The Bertz CT molecular complexity index is 2830. The second kappa shape index (κ2) is 15.6. The quantitative estimate of drug-likeness (QED) is 0.188. The SMILES string of the molecule is Cc1cc(C)c(-n2c(-c3ccccc3O)nc3c(-c4cc(-c5cc(-c6cc(C(C)(C)C)cc(C(C)(C)C)c6)ccn5)c(C(C)(C)C)cc4C(C)(C)C)cc(C(C)(C)C)cc32)c(C)c1. The molecule has 328 valence electrons. The van der Waals surface area contributed by atoms with Crippen LogP contribution < -0.4 is 0 Å². The lowest BCUT2D eigenvalue weighted by Crippen LogP contribution is -2.19. The minimum Gasteiger partial charge on any atom is -0.507 e. The number of nitrogens with zero attached hydrogens (tertiary/aromatic N) is 3. The number of aryl methyl sites for hydroxylation is 3. The van der Waals surface area contributed by atoms with Crippen LogP contribution in [0, 0.1) is 20.8 Å². The van der Waals surface area contributed by atoms with Crippen molar-refractivity contribution in [3.63, 3.8) is 0 Å². The Morgan fingerprint density at radius 3 is 1.56 bits per heavy atom. The number of benzene rings is 5. The average molecular weight is 838 g/mol. The van der Waals surface area contributed by atoms with Crippen LogP contribution in [0.4, 0.5) is 0 Å². The van der Waals surface area contributed by atoms with Crippen LogP contribution in [-0.4, -0.2) is 19.6 Å². The van der Waals surface area contributed by atoms with Gasteiger partial charge in [0.25, 0.3) is 0 Å². The van der Waals surface area contributed by atoms with Gasteiger partial charge in [0.05, 0.1) is 28.0 Å². The highest BCUT2D eigenvalue weighted by atomic mass is 16.3. The van der Waals surface area contributed by atoms with E-state index in [0.717, 1.165) is 61.6 Å². The summed E-state index contributed by atoms with van der Waals surface area (Å²) in [6.07, 6.45) is 1.99. The van der Waals surface area contributed by atoms with E-state index in [1.54, 1.807) is 6.07 Å². The largest absolute Gasteiger partial charge is 0.507 e. The predicted octanol–water partition coefficient (Wildman–Crippen LogP) is 16.2. The normalized spacial score (nSPS) is 13.0. The van der Waals surface area contributed by atoms with Gasteiger partial charge in [-0.1, -0.05) is 158 Å². The highest BCUT2D eigenvalue weighted by molar-refractivity contribution is 5.99. The zero-order valence-corrected chi connectivity index (χ0v) is 41.5. The molecule has 0 amide bonds. The molecule has 0 fully saturated rings. The van der Waals surface area contributed by atoms with E-state index in [0.29, 0.717) is 5.56 Å². The molecular formula is C59H71N3O. The number of aromatic nitrogens is 3. The molecule has 63 heavy (non-hydrogen) atoms. The Labute approximate surface area is 378 Å². The van der Waals surface area contributed by atoms with Crippen molar-refractivity contribution in [1.29, 1.82) is 0 Å². The molecule has 0 saturated heterocycles. The molecule has 2 aromatic heterocycles. The van der Waals surface area contributed by atoms with E-state index in [1.165, 1.54) is 38.9 Å². The Hall–Kier alpha value is -5.48. The summed E-state index contributed by atoms with van der Waals surface area (Å²) in [5.41, 5.74) is 19.7. The molecule has 7 aromatic rings. The van der Waals surface area contributed by atoms with Gasteiger partial charge >= 0.3 is 0 Å². The van der Waals surface area contributed by atoms with Gasteiger partial charge in [-0.3, -0.25) is 9.55 Å². The highest BCUT2D eigenvalue weighted by Gasteiger charge is 2.31. The smallest absolute Gasteiger partial charge is 0.149 e. The molecular weight excluding hydrogens is 767 g/mol. The molecule has 0 aliphatic carbocycles. The van der Waals surface area contributed by atoms with Crippen molar-refractivity contribution in [3.05, 3.63) is 142 Å². The first-order chi connectivity index (χ1) is 29.0. The van der Waals surface area contributed by atoms with E-state index >= 15 is 0 Å². The summed E-state index contributed by atoms with van der Waals surface area (Å²) >= 11 is 0. The van der Waals surface area contributed by atoms with E-state index in [1.807, 2.05) is 24.4 Å². The maximum absolute atomic E-state index is 11.5. The minimum atomic E-state index is -0.211. The molecule has 0 atom stereocenters. The zero-order valence-electron chi connectivity index (χ0n) is 41.5. The number of imidazole rings is 1. The summed E-state index contributed by atoms with van der Waals surface area (Å²) in [5, 5.41) is 11.5. The van der Waals surface area contributed by atoms with Crippen LogP contribution in [0.25, 0.3) is 61.6 Å². The third kappa shape index (κ3) is 8.88. The van der Waals surface area contributed by atoms with Crippen LogP contribution in [0.1, 0.15) is 148 Å². The number of fused-ring (bicyclic) bond motifs is 1. The number of hydrogen-bond donors (Lipinski definition) is 1. The van der Waals surface area contributed by atoms with Crippen molar-refractivity contribution in [2.75, 3.05) is 0 Å². The Balaban J connectivity index is 1.61. The molecule has 7 rings (SSSR count). The summed E-state index contributed by atoms with van der Waals surface area (Å²) in [5.74, 6) is 0.922. The predicted molar refractivity (Wildman–Crippen MR) is 270 cm³/mol. The molecule has 1 N–H and O–H groups in total. The van der Waals surface area contributed by atoms with Gasteiger partial charge in [-0.25, -0.2) is 4.98 Å². The second-order valence-electron chi connectivity index (χ2n) is 23.3. The molecule has 4 nitrogen and oxygen atoms in total. The first-order valence-electron chi connectivity index (χ1n) is 22.8. The van der Waals surface area contributed by atoms with E-state index in [4.69, 9.17) is 9.97 Å². The van der Waals surface area contributed by atoms with E-state index in [-0.39, 0.29) is 32.8 Å². The standard InChI is InChI=1S/C59H71N3O/c1-35-25-36(2)53(37(3)26-35)62-50-32-42(57(10,11)12)31-45(52(50)61-54(62)43-21-19-20-22-51(43)63)44-33-46(48(59(16,17)18)34-47(44)58(13,14)15)49-29-38(23-24-60-49)39-27-40(55(4,5)6)30-41(28-39)56(7,8)9/h19-34,63H,1-18H3. The highest BCUT2D eigenvalue weighted by Crippen LogP contribution is 2.47. The monoisotopic (exact) mass is 838 g/mol. The first-order valence-corrected chi connectivity index (χ1v) is 22.8. The van der Waals surface area contributed by atoms with Gasteiger partial charge in [-0.2, -0.15) is 0 Å². The number of pyridine rings is 1. The number of rotatable bonds is 5. The zero-order chi connectivity index (χ0) is 46.4. The fraction of sp³-hybridized carbons (Fsp3) is 0.390. The maximum Gasteiger partial charge on any atom is 0.149 e. The van der Waals surface area contributed by atoms with Crippen molar-refractivity contribution in [2.24, 2.45) is 0 Å². The number of para-hydroxylation sites is 1. The van der Waals surface area contributed by atoms with Gasteiger partial charge in [-0.05, 0) is 146 Å². The van der Waals surface area contributed by atoms with Gasteiger partial charge in [0.2, 0.25) is 0 Å². The summed E-state index contributed by atoms with van der Waals surface area (Å²) in [6, 6.07) is 33.3.